The van der Waals surface area contributed by atoms with Crippen LogP contribution < -0.4 is 27.4 Å². The van der Waals surface area contributed by atoms with E-state index in [0.717, 1.165) is 5.56 Å². The second kappa shape index (κ2) is 14.1. The van der Waals surface area contributed by atoms with Crippen molar-refractivity contribution in [3.63, 3.8) is 0 Å². The summed E-state index contributed by atoms with van der Waals surface area (Å²) < 4.78 is 0. The summed E-state index contributed by atoms with van der Waals surface area (Å²) in [5.41, 5.74) is 11.7. The van der Waals surface area contributed by atoms with E-state index < -0.39 is 53.8 Å². The summed E-state index contributed by atoms with van der Waals surface area (Å²) in [4.78, 5) is 61.2. The lowest BCUT2D eigenvalue weighted by molar-refractivity contribution is -0.143. The maximum atomic E-state index is 13.1. The number of primary amides is 1. The fourth-order valence-corrected chi connectivity index (χ4v) is 3.31. The summed E-state index contributed by atoms with van der Waals surface area (Å²) in [5.74, 6) is -4.43. The standard InChI is InChI=1S/C24H37N5O6/c1-13(2)19(28-21(31)16(25)10-11-18(26)30)23(33)27-17(12-15-8-6-5-7-9-15)22(32)29-20(14(3)4)24(34)35/h5-9,13-14,16-17,19-20H,10-12,25H2,1-4H3,(H2,26,30)(H,27,33)(H,28,31)(H,29,32)(H,34,35). The number of benzene rings is 1. The molecule has 0 aliphatic rings. The molecule has 0 saturated carbocycles. The van der Waals surface area contributed by atoms with Crippen LogP contribution in [-0.4, -0.2) is 58.9 Å². The molecule has 194 valence electrons. The van der Waals surface area contributed by atoms with Crippen LogP contribution in [-0.2, 0) is 30.4 Å². The van der Waals surface area contributed by atoms with E-state index in [1.54, 1.807) is 52.0 Å². The molecule has 0 fully saturated rings. The van der Waals surface area contributed by atoms with Crippen LogP contribution in [0.2, 0.25) is 0 Å². The number of hydrogen-bond acceptors (Lipinski definition) is 6. The van der Waals surface area contributed by atoms with E-state index in [0.29, 0.717) is 0 Å². The van der Waals surface area contributed by atoms with Crippen LogP contribution in [0.5, 0.6) is 0 Å². The first-order valence-electron chi connectivity index (χ1n) is 11.5. The third kappa shape index (κ3) is 10.1. The predicted molar refractivity (Wildman–Crippen MR) is 130 cm³/mol. The number of carboxylic acid groups (broad SMARTS) is 1. The number of rotatable bonds is 14. The monoisotopic (exact) mass is 491 g/mol. The van der Waals surface area contributed by atoms with Gasteiger partial charge in [-0.3, -0.25) is 19.2 Å². The number of nitrogens with two attached hydrogens (primary N) is 2. The quantitative estimate of drug-likeness (QED) is 0.205. The Bertz CT molecular complexity index is 890. The van der Waals surface area contributed by atoms with E-state index in [-0.39, 0.29) is 31.1 Å². The molecule has 4 amide bonds. The van der Waals surface area contributed by atoms with Gasteiger partial charge in [0, 0.05) is 12.8 Å². The first kappa shape index (κ1) is 29.6. The SMILES string of the molecule is CC(C)C(NC(=O)C(Cc1ccccc1)NC(=O)C(NC(=O)C(N)CCC(N)=O)C(C)C)C(=O)O. The Labute approximate surface area is 205 Å². The molecule has 0 aromatic heterocycles. The highest BCUT2D eigenvalue weighted by molar-refractivity contribution is 5.94. The molecule has 1 aromatic carbocycles. The number of hydrogen-bond donors (Lipinski definition) is 6. The molecule has 4 atom stereocenters. The van der Waals surface area contributed by atoms with E-state index >= 15 is 0 Å². The van der Waals surface area contributed by atoms with Gasteiger partial charge < -0.3 is 32.5 Å². The van der Waals surface area contributed by atoms with Crippen molar-refractivity contribution in [3.8, 4) is 0 Å². The lowest BCUT2D eigenvalue weighted by Gasteiger charge is -2.27. The smallest absolute Gasteiger partial charge is 0.326 e. The van der Waals surface area contributed by atoms with Crippen LogP contribution in [0.15, 0.2) is 30.3 Å². The molecule has 11 nitrogen and oxygen atoms in total. The lowest BCUT2D eigenvalue weighted by atomic mass is 9.99. The summed E-state index contributed by atoms with van der Waals surface area (Å²) in [5, 5.41) is 17.2. The Hall–Kier alpha value is -3.47. The van der Waals surface area contributed by atoms with Crippen LogP contribution in [0.4, 0.5) is 0 Å². The van der Waals surface area contributed by atoms with Gasteiger partial charge in [0.2, 0.25) is 23.6 Å². The van der Waals surface area contributed by atoms with Gasteiger partial charge in [-0.15, -0.1) is 0 Å². The zero-order valence-electron chi connectivity index (χ0n) is 20.6. The van der Waals surface area contributed by atoms with E-state index in [2.05, 4.69) is 16.0 Å². The van der Waals surface area contributed by atoms with Crippen LogP contribution in [0, 0.1) is 11.8 Å². The first-order chi connectivity index (χ1) is 16.3. The minimum atomic E-state index is -1.18. The highest BCUT2D eigenvalue weighted by atomic mass is 16.4. The molecule has 1 aromatic rings. The maximum absolute atomic E-state index is 13.1. The second-order valence-corrected chi connectivity index (χ2v) is 9.16. The third-order valence-electron chi connectivity index (χ3n) is 5.43. The van der Waals surface area contributed by atoms with Crippen molar-refractivity contribution < 1.29 is 29.1 Å². The van der Waals surface area contributed by atoms with E-state index in [4.69, 9.17) is 11.5 Å². The highest BCUT2D eigenvalue weighted by Crippen LogP contribution is 2.09. The lowest BCUT2D eigenvalue weighted by Crippen LogP contribution is -2.59. The van der Waals surface area contributed by atoms with Gasteiger partial charge in [0.05, 0.1) is 6.04 Å². The van der Waals surface area contributed by atoms with Gasteiger partial charge in [0.25, 0.3) is 0 Å². The number of carbonyl (C=O) groups is 5. The Morgan fingerprint density at radius 3 is 1.86 bits per heavy atom. The van der Waals surface area contributed by atoms with E-state index in [9.17, 15) is 29.1 Å². The number of carboxylic acids is 1. The summed E-state index contributed by atoms with van der Waals surface area (Å²) in [7, 11) is 0. The first-order valence-corrected chi connectivity index (χ1v) is 11.5. The Kier molecular flexibility index (Phi) is 11.9. The van der Waals surface area contributed by atoms with Crippen LogP contribution >= 0.6 is 0 Å². The molecule has 35 heavy (non-hydrogen) atoms. The molecule has 0 aliphatic heterocycles. The Morgan fingerprint density at radius 1 is 0.829 bits per heavy atom. The maximum Gasteiger partial charge on any atom is 0.326 e. The van der Waals surface area contributed by atoms with Crippen molar-refractivity contribution in [1.29, 1.82) is 0 Å². The molecule has 0 heterocycles. The van der Waals surface area contributed by atoms with Gasteiger partial charge in [0.1, 0.15) is 18.1 Å². The van der Waals surface area contributed by atoms with Gasteiger partial charge in [-0.1, -0.05) is 58.0 Å². The average molecular weight is 492 g/mol. The second-order valence-electron chi connectivity index (χ2n) is 9.16. The molecular weight excluding hydrogens is 454 g/mol. The largest absolute Gasteiger partial charge is 0.480 e. The summed E-state index contributed by atoms with van der Waals surface area (Å²) in [6, 6.07) is 4.65. The van der Waals surface area contributed by atoms with Gasteiger partial charge >= 0.3 is 5.97 Å². The van der Waals surface area contributed by atoms with Gasteiger partial charge in [-0.25, -0.2) is 4.79 Å². The van der Waals surface area contributed by atoms with E-state index in [1.807, 2.05) is 6.07 Å². The molecule has 8 N–H and O–H groups in total. The Morgan fingerprint density at radius 2 is 1.37 bits per heavy atom. The van der Waals surface area contributed by atoms with Crippen molar-refractivity contribution in [2.45, 2.75) is 71.1 Å². The molecular formula is C24H37N5O6. The fraction of sp³-hybridized carbons (Fsp3) is 0.542. The Balaban J connectivity index is 3.05. The van der Waals surface area contributed by atoms with Crippen molar-refractivity contribution in [1.82, 2.24) is 16.0 Å². The zero-order valence-corrected chi connectivity index (χ0v) is 20.6. The molecule has 0 bridgehead atoms. The highest BCUT2D eigenvalue weighted by Gasteiger charge is 2.32. The fourth-order valence-electron chi connectivity index (χ4n) is 3.31. The number of carbonyl (C=O) groups excluding carboxylic acids is 4. The van der Waals surface area contributed by atoms with Crippen molar-refractivity contribution in [2.24, 2.45) is 23.3 Å². The van der Waals surface area contributed by atoms with Gasteiger partial charge in [0.15, 0.2) is 0 Å². The number of aliphatic carboxylic acids is 1. The number of amides is 4. The molecule has 11 heteroatoms. The average Bonchev–Trinajstić information content (AvgIpc) is 2.78. The predicted octanol–water partition coefficient (Wildman–Crippen LogP) is -0.327. The van der Waals surface area contributed by atoms with E-state index in [1.165, 1.54) is 0 Å². The molecule has 0 spiro atoms. The van der Waals surface area contributed by atoms with Crippen LogP contribution in [0.25, 0.3) is 0 Å². The van der Waals surface area contributed by atoms with Gasteiger partial charge in [-0.2, -0.15) is 0 Å². The van der Waals surface area contributed by atoms with Crippen molar-refractivity contribution >= 4 is 29.6 Å². The molecule has 0 saturated heterocycles. The normalized spacial score (nSPS) is 14.5. The summed E-state index contributed by atoms with van der Waals surface area (Å²) in [6.45, 7) is 6.75. The third-order valence-corrected chi connectivity index (χ3v) is 5.43. The minimum Gasteiger partial charge on any atom is -0.480 e. The summed E-state index contributed by atoms with van der Waals surface area (Å²) in [6.07, 6.45) is 0.0607. The van der Waals surface area contributed by atoms with Crippen LogP contribution in [0.3, 0.4) is 0 Å². The van der Waals surface area contributed by atoms with Crippen molar-refractivity contribution in [3.05, 3.63) is 35.9 Å². The molecule has 4 unspecified atom stereocenters. The summed E-state index contributed by atoms with van der Waals surface area (Å²) >= 11 is 0. The molecule has 1 rings (SSSR count). The zero-order chi connectivity index (χ0) is 26.7. The minimum absolute atomic E-state index is 0.0262. The molecule has 0 radical (unpaired) electrons. The number of nitrogens with one attached hydrogen (secondary N) is 3. The van der Waals surface area contributed by atoms with Crippen LogP contribution in [0.1, 0.15) is 46.1 Å². The molecule has 0 aliphatic carbocycles. The van der Waals surface area contributed by atoms with Gasteiger partial charge in [-0.05, 0) is 23.8 Å². The topological polar surface area (TPSA) is 194 Å². The van der Waals surface area contributed by atoms with Crippen molar-refractivity contribution in [2.75, 3.05) is 0 Å².